The quantitative estimate of drug-likeness (QED) is 0.0462. The van der Waals surface area contributed by atoms with E-state index in [0.29, 0.717) is 30.5 Å². The van der Waals surface area contributed by atoms with Crippen molar-refractivity contribution in [1.29, 1.82) is 0 Å². The molecule has 0 bridgehead atoms. The maximum atomic E-state index is 13.5. The first-order valence-electron chi connectivity index (χ1n) is 14.4. The highest BCUT2D eigenvalue weighted by Crippen LogP contribution is 2.54. The average molecular weight is 673 g/mol. The van der Waals surface area contributed by atoms with Gasteiger partial charge in [-0.3, -0.25) is 0 Å². The third kappa shape index (κ3) is 17.7. The van der Waals surface area contributed by atoms with Crippen LogP contribution in [0.1, 0.15) is 83.5 Å². The van der Waals surface area contributed by atoms with Gasteiger partial charge >= 0.3 is 32.1 Å². The average Bonchev–Trinajstić information content (AvgIpc) is 2.85. The molecular weight excluding hydrogens is 624 g/mol. The van der Waals surface area contributed by atoms with E-state index in [1.807, 2.05) is 21.1 Å². The third-order valence-electron chi connectivity index (χ3n) is 6.50. The van der Waals surface area contributed by atoms with E-state index in [9.17, 15) is 54.4 Å². The highest BCUT2D eigenvalue weighted by atomic mass is 31.2. The molecule has 0 saturated carbocycles. The Balaban J connectivity index is 3.72. The van der Waals surface area contributed by atoms with Crippen LogP contribution in [0.3, 0.4) is 0 Å². The second-order valence-electron chi connectivity index (χ2n) is 11.7. The number of aliphatic hydroxyl groups is 1. The molecule has 0 aliphatic carbocycles. The largest absolute Gasteiger partial charge is 0.606 e. The number of ether oxygens (including phenoxy) is 1. The number of rotatable bonds is 26. The molecule has 0 saturated heterocycles. The van der Waals surface area contributed by atoms with E-state index in [2.05, 4.69) is 0 Å². The first kappa shape index (κ1) is 42.5. The van der Waals surface area contributed by atoms with Crippen LogP contribution in [0.25, 0.3) is 0 Å². The van der Waals surface area contributed by atoms with Crippen LogP contribution in [-0.2, 0) is 13.8 Å². The monoisotopic (exact) mass is 672 g/mol. The maximum Gasteiger partial charge on any atom is 0.460 e. The summed E-state index contributed by atoms with van der Waals surface area (Å²) in [6.07, 6.45) is -2.12. The van der Waals surface area contributed by atoms with Crippen LogP contribution in [0.5, 0.6) is 0 Å². The number of alkyl halides is 9. The molecule has 0 rings (SSSR count). The molecule has 1 unspecified atom stereocenters. The Labute approximate surface area is 248 Å². The van der Waals surface area contributed by atoms with Gasteiger partial charge in [-0.05, 0) is 12.8 Å². The minimum atomic E-state index is -6.82. The number of halogens is 9. The number of phosphoric ester groups is 1. The smallest absolute Gasteiger partial charge is 0.460 e. The van der Waals surface area contributed by atoms with Gasteiger partial charge in [0.05, 0.1) is 27.7 Å². The fraction of sp³-hybridized carbons (Fsp3) is 1.00. The Morgan fingerprint density at radius 1 is 0.651 bits per heavy atom. The van der Waals surface area contributed by atoms with Crippen molar-refractivity contribution in [2.45, 2.75) is 114 Å². The Morgan fingerprint density at radius 2 is 1.09 bits per heavy atom. The fourth-order valence-electron chi connectivity index (χ4n) is 3.80. The predicted octanol–water partition coefficient (Wildman–Crippen LogP) is 6.67. The zero-order valence-corrected chi connectivity index (χ0v) is 26.0. The SMILES string of the molecule is C[N+](C)(C)CCO[P+]([O-])(O)OC[C@H](O)COCCCCCCCCCCCCCCC(F)(F)C(F)(F)C(F)(F)C(F)(F)F. The lowest BCUT2D eigenvalue weighted by Crippen LogP contribution is -2.60. The molecule has 0 spiro atoms. The van der Waals surface area contributed by atoms with Gasteiger partial charge in [0.1, 0.15) is 25.9 Å². The molecule has 0 aromatic heterocycles. The number of hydrogen-bond donors (Lipinski definition) is 2. The molecule has 260 valence electrons. The Morgan fingerprint density at radius 3 is 1.53 bits per heavy atom. The highest BCUT2D eigenvalue weighted by molar-refractivity contribution is 7.52. The van der Waals surface area contributed by atoms with Crippen molar-refractivity contribution in [3.8, 4) is 0 Å². The molecule has 0 aromatic carbocycles. The summed E-state index contributed by atoms with van der Waals surface area (Å²) in [7, 11) is 1.45. The highest BCUT2D eigenvalue weighted by Gasteiger charge is 2.81. The lowest BCUT2D eigenvalue weighted by molar-refractivity contribution is -0.870. The van der Waals surface area contributed by atoms with Gasteiger partial charge in [0.25, 0.3) is 0 Å². The molecule has 0 aliphatic rings. The molecule has 0 aliphatic heterocycles. The lowest BCUT2D eigenvalue weighted by atomic mass is 9.97. The normalized spacial score (nSPS) is 16.0. The molecule has 2 atom stereocenters. The van der Waals surface area contributed by atoms with E-state index < -0.39 is 57.7 Å². The third-order valence-corrected chi connectivity index (χ3v) is 7.48. The van der Waals surface area contributed by atoms with Crippen LogP contribution in [-0.4, -0.2) is 98.6 Å². The second-order valence-corrected chi connectivity index (χ2v) is 13.1. The molecule has 0 fully saturated rings. The summed E-state index contributed by atoms with van der Waals surface area (Å²) in [5.74, 6) is -18.8. The van der Waals surface area contributed by atoms with Crippen LogP contribution >= 0.6 is 8.17 Å². The Bertz CT molecular complexity index is 741. The van der Waals surface area contributed by atoms with Gasteiger partial charge in [0.15, 0.2) is 0 Å². The maximum absolute atomic E-state index is 13.5. The zero-order valence-electron chi connectivity index (χ0n) is 25.1. The van der Waals surface area contributed by atoms with Crippen molar-refractivity contribution in [1.82, 2.24) is 0 Å². The van der Waals surface area contributed by atoms with Crippen LogP contribution in [0.15, 0.2) is 0 Å². The van der Waals surface area contributed by atoms with E-state index in [-0.39, 0.29) is 19.6 Å². The Kier molecular flexibility index (Phi) is 19.0. The minimum absolute atomic E-state index is 0.0170. The number of unbranched alkanes of at least 4 members (excludes halogenated alkanes) is 11. The van der Waals surface area contributed by atoms with Gasteiger partial charge in [0, 0.05) is 13.0 Å². The van der Waals surface area contributed by atoms with Gasteiger partial charge in [-0.1, -0.05) is 64.2 Å². The van der Waals surface area contributed by atoms with Crippen molar-refractivity contribution in [2.24, 2.45) is 0 Å². The molecule has 17 heteroatoms. The van der Waals surface area contributed by atoms with Crippen molar-refractivity contribution >= 4 is 8.17 Å². The summed E-state index contributed by atoms with van der Waals surface area (Å²) >= 11 is 0. The molecule has 7 nitrogen and oxygen atoms in total. The summed E-state index contributed by atoms with van der Waals surface area (Å²) in [6.45, 7) is 0.477. The standard InChI is InChI=1S/C26H47F9NO6P/c1-36(2,3)17-19-41-43(38,39)42-21-22(37)20-40-18-15-13-11-9-7-5-4-6-8-10-12-14-16-23(27,28)24(29,30)25(31,32)26(33,34)35/h22,37H,4-21H2,1-3H3/p+1/t22-/m1/s1. The number of nitrogens with zero attached hydrogens (tertiary/aromatic N) is 1. The molecule has 0 aromatic rings. The van der Waals surface area contributed by atoms with E-state index in [0.717, 1.165) is 51.4 Å². The van der Waals surface area contributed by atoms with E-state index in [4.69, 9.17) is 13.8 Å². The minimum Gasteiger partial charge on any atom is -0.606 e. The van der Waals surface area contributed by atoms with Crippen molar-refractivity contribution < 1.29 is 72.7 Å². The van der Waals surface area contributed by atoms with Gasteiger partial charge in [-0.15, -0.1) is 0 Å². The summed E-state index contributed by atoms with van der Waals surface area (Å²) in [6, 6.07) is 0. The molecule has 2 N–H and O–H groups in total. The van der Waals surface area contributed by atoms with Crippen molar-refractivity contribution in [3.05, 3.63) is 0 Å². The Hall–Kier alpha value is -0.480. The summed E-state index contributed by atoms with van der Waals surface area (Å²) < 4.78 is 131. The number of phosphoric acid groups is 1. The van der Waals surface area contributed by atoms with Crippen molar-refractivity contribution in [2.75, 3.05) is 54.1 Å². The summed E-state index contributed by atoms with van der Waals surface area (Å²) in [5, 5.41) is 9.83. The van der Waals surface area contributed by atoms with Crippen LogP contribution in [0, 0.1) is 0 Å². The molecule has 0 heterocycles. The van der Waals surface area contributed by atoms with Gasteiger partial charge < -0.3 is 19.2 Å². The molecule has 43 heavy (non-hydrogen) atoms. The first-order valence-corrected chi connectivity index (χ1v) is 15.9. The molecule has 0 radical (unpaired) electrons. The summed E-state index contributed by atoms with van der Waals surface area (Å²) in [4.78, 5) is 21.4. The number of aliphatic hydroxyl groups excluding tert-OH is 1. The first-order chi connectivity index (χ1) is 19.6. The molecular formula is C26H48F9NO6P+. The van der Waals surface area contributed by atoms with E-state index in [1.165, 1.54) is 0 Å². The van der Waals surface area contributed by atoms with E-state index >= 15 is 0 Å². The second kappa shape index (κ2) is 19.2. The predicted molar refractivity (Wildman–Crippen MR) is 142 cm³/mol. The van der Waals surface area contributed by atoms with Crippen molar-refractivity contribution in [3.63, 3.8) is 0 Å². The lowest BCUT2D eigenvalue weighted by Gasteiger charge is -2.33. The van der Waals surface area contributed by atoms with Gasteiger partial charge in [-0.2, -0.15) is 53.5 Å². The summed E-state index contributed by atoms with van der Waals surface area (Å²) in [5.41, 5.74) is 0. The van der Waals surface area contributed by atoms with Crippen LogP contribution < -0.4 is 4.89 Å². The topological polar surface area (TPSA) is 91.2 Å². The van der Waals surface area contributed by atoms with Crippen LogP contribution in [0.2, 0.25) is 0 Å². The number of quaternary nitrogens is 1. The molecule has 0 amide bonds. The van der Waals surface area contributed by atoms with Gasteiger partial charge in [-0.25, -0.2) is 0 Å². The number of hydrogen-bond acceptors (Lipinski definition) is 6. The number of likely N-dealkylation sites (N-methyl/N-ethyl adjacent to an activating group) is 1. The van der Waals surface area contributed by atoms with Gasteiger partial charge in [0.2, 0.25) is 0 Å². The van der Waals surface area contributed by atoms with Crippen LogP contribution in [0.4, 0.5) is 39.5 Å². The fourth-order valence-corrected chi connectivity index (χ4v) is 4.55. The zero-order chi connectivity index (χ0) is 33.4. The van der Waals surface area contributed by atoms with E-state index in [1.54, 1.807) is 0 Å².